The van der Waals surface area contributed by atoms with Gasteiger partial charge in [-0.25, -0.2) is 0 Å². The minimum atomic E-state index is -0.340. The van der Waals surface area contributed by atoms with Gasteiger partial charge in [0.15, 0.2) is 11.5 Å². The molecular weight excluding hydrogens is 406 g/mol. The van der Waals surface area contributed by atoms with Crippen LogP contribution >= 0.6 is 0 Å². The number of hydrogen-bond donors (Lipinski definition) is 1. The SMILES string of the molecule is COc1ccc(CN2CCC[C@H]([C@H](NC(=O)[C@H]3CCCO3)c3ccccn3)C2)cc1OC. The predicted molar refractivity (Wildman–Crippen MR) is 122 cm³/mol. The summed E-state index contributed by atoms with van der Waals surface area (Å²) in [6, 6.07) is 11.9. The minimum absolute atomic E-state index is 0.0184. The van der Waals surface area contributed by atoms with E-state index in [-0.39, 0.29) is 24.0 Å². The second kappa shape index (κ2) is 10.8. The lowest BCUT2D eigenvalue weighted by atomic mass is 9.88. The van der Waals surface area contributed by atoms with E-state index >= 15 is 0 Å². The molecule has 7 heteroatoms. The maximum absolute atomic E-state index is 12.9. The highest BCUT2D eigenvalue weighted by Gasteiger charge is 2.33. The van der Waals surface area contributed by atoms with E-state index in [1.807, 2.05) is 30.3 Å². The summed E-state index contributed by atoms with van der Waals surface area (Å²) >= 11 is 0. The van der Waals surface area contributed by atoms with Crippen LogP contribution in [0.2, 0.25) is 0 Å². The number of hydrogen-bond acceptors (Lipinski definition) is 6. The van der Waals surface area contributed by atoms with Gasteiger partial charge < -0.3 is 19.5 Å². The number of pyridine rings is 1. The number of benzene rings is 1. The molecule has 0 saturated carbocycles. The molecule has 0 aliphatic carbocycles. The van der Waals surface area contributed by atoms with Gasteiger partial charge in [0.2, 0.25) is 5.91 Å². The molecule has 0 bridgehead atoms. The van der Waals surface area contributed by atoms with E-state index in [4.69, 9.17) is 14.2 Å². The van der Waals surface area contributed by atoms with Gasteiger partial charge in [0.1, 0.15) is 6.10 Å². The first-order valence-corrected chi connectivity index (χ1v) is 11.4. The van der Waals surface area contributed by atoms with Crippen LogP contribution in [0.3, 0.4) is 0 Å². The quantitative estimate of drug-likeness (QED) is 0.680. The van der Waals surface area contributed by atoms with E-state index in [0.717, 1.165) is 62.5 Å². The number of nitrogens with one attached hydrogen (secondary N) is 1. The minimum Gasteiger partial charge on any atom is -0.493 e. The summed E-state index contributed by atoms with van der Waals surface area (Å²) in [5.41, 5.74) is 2.10. The fourth-order valence-electron chi connectivity index (χ4n) is 4.77. The smallest absolute Gasteiger partial charge is 0.249 e. The first-order chi connectivity index (χ1) is 15.7. The average Bonchev–Trinajstić information content (AvgIpc) is 3.38. The number of rotatable bonds is 8. The Morgan fingerprint density at radius 1 is 1.19 bits per heavy atom. The highest BCUT2D eigenvalue weighted by Crippen LogP contribution is 2.32. The fourth-order valence-corrected chi connectivity index (χ4v) is 4.77. The van der Waals surface area contributed by atoms with Gasteiger partial charge in [-0.05, 0) is 68.0 Å². The number of amides is 1. The van der Waals surface area contributed by atoms with Gasteiger partial charge in [0, 0.05) is 25.9 Å². The second-order valence-corrected chi connectivity index (χ2v) is 8.57. The molecule has 2 aliphatic rings. The Hall–Kier alpha value is -2.64. The van der Waals surface area contributed by atoms with Crippen molar-refractivity contribution in [2.24, 2.45) is 5.92 Å². The molecule has 2 aliphatic heterocycles. The van der Waals surface area contributed by atoms with Crippen molar-refractivity contribution in [2.75, 3.05) is 33.9 Å². The molecule has 172 valence electrons. The summed E-state index contributed by atoms with van der Waals surface area (Å²) in [5, 5.41) is 3.27. The van der Waals surface area contributed by atoms with E-state index in [2.05, 4.69) is 21.3 Å². The van der Waals surface area contributed by atoms with Crippen molar-refractivity contribution in [3.8, 4) is 11.5 Å². The summed E-state index contributed by atoms with van der Waals surface area (Å²) in [4.78, 5) is 19.9. The van der Waals surface area contributed by atoms with E-state index in [0.29, 0.717) is 6.61 Å². The standard InChI is InChI=1S/C25H33N3O4/c1-30-21-11-10-18(15-23(21)31-2)16-28-13-5-7-19(17-28)24(20-8-3-4-12-26-20)27-25(29)22-9-6-14-32-22/h3-4,8,10-12,15,19,22,24H,5-7,9,13-14,16-17H2,1-2H3,(H,27,29)/t19-,22+,24-/m0/s1. The molecule has 1 amide bonds. The summed E-state index contributed by atoms with van der Waals surface area (Å²) in [7, 11) is 3.31. The van der Waals surface area contributed by atoms with E-state index in [9.17, 15) is 4.79 Å². The van der Waals surface area contributed by atoms with Crippen molar-refractivity contribution in [3.63, 3.8) is 0 Å². The number of carbonyl (C=O) groups excluding carboxylic acids is 1. The van der Waals surface area contributed by atoms with Gasteiger partial charge in [-0.3, -0.25) is 14.7 Å². The molecule has 1 aromatic heterocycles. The number of likely N-dealkylation sites (tertiary alicyclic amines) is 1. The summed E-state index contributed by atoms with van der Waals surface area (Å²) in [6.45, 7) is 3.40. The predicted octanol–water partition coefficient (Wildman–Crippen LogP) is 3.35. The van der Waals surface area contributed by atoms with Gasteiger partial charge in [0.05, 0.1) is 26.0 Å². The first kappa shape index (κ1) is 22.6. The third-order valence-electron chi connectivity index (χ3n) is 6.39. The maximum Gasteiger partial charge on any atom is 0.249 e. The van der Waals surface area contributed by atoms with Gasteiger partial charge >= 0.3 is 0 Å². The van der Waals surface area contributed by atoms with Crippen LogP contribution in [-0.2, 0) is 16.1 Å². The van der Waals surface area contributed by atoms with Crippen LogP contribution in [0.15, 0.2) is 42.6 Å². The van der Waals surface area contributed by atoms with Crippen molar-refractivity contribution >= 4 is 5.91 Å². The largest absolute Gasteiger partial charge is 0.493 e. The number of nitrogens with zero attached hydrogens (tertiary/aromatic N) is 2. The molecule has 2 fully saturated rings. The molecule has 0 radical (unpaired) electrons. The van der Waals surface area contributed by atoms with Crippen LogP contribution in [0.4, 0.5) is 0 Å². The highest BCUT2D eigenvalue weighted by molar-refractivity contribution is 5.81. The Morgan fingerprint density at radius 3 is 2.78 bits per heavy atom. The Morgan fingerprint density at radius 2 is 2.06 bits per heavy atom. The monoisotopic (exact) mass is 439 g/mol. The van der Waals surface area contributed by atoms with Crippen molar-refractivity contribution in [1.29, 1.82) is 0 Å². The van der Waals surface area contributed by atoms with Gasteiger partial charge in [-0.2, -0.15) is 0 Å². The van der Waals surface area contributed by atoms with Crippen LogP contribution in [0.1, 0.15) is 43.0 Å². The van der Waals surface area contributed by atoms with Crippen molar-refractivity contribution in [2.45, 2.75) is 44.4 Å². The molecule has 3 heterocycles. The number of carbonyl (C=O) groups is 1. The van der Waals surface area contributed by atoms with E-state index in [1.54, 1.807) is 20.4 Å². The number of piperidine rings is 1. The second-order valence-electron chi connectivity index (χ2n) is 8.57. The molecule has 0 unspecified atom stereocenters. The summed E-state index contributed by atoms with van der Waals surface area (Å²) in [6.07, 6.45) is 5.32. The fraction of sp³-hybridized carbons (Fsp3) is 0.520. The molecule has 0 spiro atoms. The normalized spacial score (nSPS) is 22.3. The van der Waals surface area contributed by atoms with E-state index in [1.165, 1.54) is 5.56 Å². The highest BCUT2D eigenvalue weighted by atomic mass is 16.5. The van der Waals surface area contributed by atoms with Crippen LogP contribution in [-0.4, -0.2) is 55.8 Å². The van der Waals surface area contributed by atoms with Crippen LogP contribution in [0, 0.1) is 5.92 Å². The Labute approximate surface area is 190 Å². The van der Waals surface area contributed by atoms with Crippen molar-refractivity contribution < 1.29 is 19.0 Å². The van der Waals surface area contributed by atoms with Crippen LogP contribution in [0.5, 0.6) is 11.5 Å². The molecule has 7 nitrogen and oxygen atoms in total. The topological polar surface area (TPSA) is 72.9 Å². The molecule has 4 rings (SSSR count). The lowest BCUT2D eigenvalue weighted by Gasteiger charge is -2.37. The molecule has 1 aromatic carbocycles. The molecule has 2 saturated heterocycles. The summed E-state index contributed by atoms with van der Waals surface area (Å²) in [5.74, 6) is 1.74. The van der Waals surface area contributed by atoms with Crippen molar-refractivity contribution in [1.82, 2.24) is 15.2 Å². The zero-order chi connectivity index (χ0) is 22.3. The Kier molecular flexibility index (Phi) is 7.60. The molecule has 2 aromatic rings. The number of methoxy groups -OCH3 is 2. The van der Waals surface area contributed by atoms with E-state index < -0.39 is 0 Å². The first-order valence-electron chi connectivity index (χ1n) is 11.4. The number of ether oxygens (including phenoxy) is 3. The average molecular weight is 440 g/mol. The van der Waals surface area contributed by atoms with Gasteiger partial charge in [-0.1, -0.05) is 12.1 Å². The van der Waals surface area contributed by atoms with Gasteiger partial charge in [0.25, 0.3) is 0 Å². The zero-order valence-electron chi connectivity index (χ0n) is 19.0. The number of aromatic nitrogens is 1. The van der Waals surface area contributed by atoms with Gasteiger partial charge in [-0.15, -0.1) is 0 Å². The molecule has 32 heavy (non-hydrogen) atoms. The molecular formula is C25H33N3O4. The third-order valence-corrected chi connectivity index (χ3v) is 6.39. The maximum atomic E-state index is 12.9. The van der Waals surface area contributed by atoms with Crippen molar-refractivity contribution in [3.05, 3.63) is 53.9 Å². The third kappa shape index (κ3) is 5.40. The zero-order valence-corrected chi connectivity index (χ0v) is 19.0. The lowest BCUT2D eigenvalue weighted by Crippen LogP contribution is -2.45. The molecule has 3 atom stereocenters. The van der Waals surface area contributed by atoms with Crippen LogP contribution < -0.4 is 14.8 Å². The summed E-state index contributed by atoms with van der Waals surface area (Å²) < 4.78 is 16.4. The molecule has 1 N–H and O–H groups in total. The van der Waals surface area contributed by atoms with Crippen LogP contribution in [0.25, 0.3) is 0 Å². The Bertz CT molecular complexity index is 886. The Balaban J connectivity index is 1.47. The lowest BCUT2D eigenvalue weighted by molar-refractivity contribution is -0.131.